The normalized spacial score (nSPS) is 46.1. The molecule has 2 saturated heterocycles. The fourth-order valence-corrected chi connectivity index (χ4v) is 4.96. The topological polar surface area (TPSA) is 15.3 Å². The molecular formula is C14H26N2S. The molecule has 0 aromatic rings. The van der Waals surface area contributed by atoms with Gasteiger partial charge in [0.25, 0.3) is 0 Å². The van der Waals surface area contributed by atoms with Gasteiger partial charge in [-0.05, 0) is 50.9 Å². The first-order chi connectivity index (χ1) is 8.36. The van der Waals surface area contributed by atoms with E-state index in [9.17, 15) is 0 Å². The summed E-state index contributed by atoms with van der Waals surface area (Å²) >= 11 is 2.09. The van der Waals surface area contributed by atoms with Crippen molar-refractivity contribution >= 4 is 11.8 Å². The lowest BCUT2D eigenvalue weighted by Gasteiger charge is -2.38. The van der Waals surface area contributed by atoms with Gasteiger partial charge < -0.3 is 10.2 Å². The minimum absolute atomic E-state index is 0.802. The fourth-order valence-electron chi connectivity index (χ4n) is 4.02. The molecule has 1 saturated carbocycles. The maximum Gasteiger partial charge on any atom is 0.0198 e. The van der Waals surface area contributed by atoms with Crippen molar-refractivity contribution in [2.45, 2.75) is 55.9 Å². The average molecular weight is 254 g/mol. The molecule has 17 heavy (non-hydrogen) atoms. The molecular weight excluding hydrogens is 228 g/mol. The van der Waals surface area contributed by atoms with Crippen LogP contribution in [-0.2, 0) is 0 Å². The van der Waals surface area contributed by atoms with Crippen LogP contribution in [0.3, 0.4) is 0 Å². The second kappa shape index (κ2) is 5.50. The van der Waals surface area contributed by atoms with E-state index in [1.165, 1.54) is 58.2 Å². The first-order valence-electron chi connectivity index (χ1n) is 7.38. The van der Waals surface area contributed by atoms with E-state index >= 15 is 0 Å². The minimum Gasteiger partial charge on any atom is -0.310 e. The van der Waals surface area contributed by atoms with Gasteiger partial charge in [-0.15, -0.1) is 0 Å². The van der Waals surface area contributed by atoms with E-state index in [0.717, 1.165) is 23.3 Å². The Kier molecular flexibility index (Phi) is 3.98. The molecule has 2 nitrogen and oxygen atoms in total. The summed E-state index contributed by atoms with van der Waals surface area (Å²) in [4.78, 5) is 2.65. The molecule has 98 valence electrons. The van der Waals surface area contributed by atoms with Gasteiger partial charge in [-0.3, -0.25) is 0 Å². The zero-order chi connectivity index (χ0) is 11.7. The number of nitrogens with zero attached hydrogens (tertiary/aromatic N) is 1. The molecule has 3 heteroatoms. The zero-order valence-electron chi connectivity index (χ0n) is 11.0. The largest absolute Gasteiger partial charge is 0.310 e. The number of hydrogen-bond donors (Lipinski definition) is 1. The molecule has 3 rings (SSSR count). The average Bonchev–Trinajstić information content (AvgIpc) is 2.76. The Labute approximate surface area is 110 Å². The van der Waals surface area contributed by atoms with Crippen LogP contribution in [0.15, 0.2) is 0 Å². The molecule has 2 bridgehead atoms. The SMILES string of the molecule is CSC1CCCCC1NC1CCN2CCC1C2. The number of hydrogen-bond acceptors (Lipinski definition) is 3. The molecule has 5 unspecified atom stereocenters. The van der Waals surface area contributed by atoms with E-state index in [1.54, 1.807) is 0 Å². The summed E-state index contributed by atoms with van der Waals surface area (Å²) < 4.78 is 0. The second-order valence-electron chi connectivity index (χ2n) is 6.08. The van der Waals surface area contributed by atoms with Crippen LogP contribution >= 0.6 is 11.8 Å². The number of piperidine rings is 1. The van der Waals surface area contributed by atoms with Gasteiger partial charge in [0.05, 0.1) is 0 Å². The number of thioether (sulfide) groups is 1. The zero-order valence-corrected chi connectivity index (χ0v) is 11.8. The van der Waals surface area contributed by atoms with Gasteiger partial charge in [0, 0.05) is 23.9 Å². The van der Waals surface area contributed by atoms with Crippen LogP contribution < -0.4 is 5.32 Å². The van der Waals surface area contributed by atoms with E-state index in [2.05, 4.69) is 28.2 Å². The first-order valence-corrected chi connectivity index (χ1v) is 8.67. The summed E-state index contributed by atoms with van der Waals surface area (Å²) in [7, 11) is 0. The van der Waals surface area contributed by atoms with Crippen LogP contribution in [0, 0.1) is 5.92 Å². The Balaban J connectivity index is 1.57. The van der Waals surface area contributed by atoms with E-state index in [0.29, 0.717) is 0 Å². The van der Waals surface area contributed by atoms with Gasteiger partial charge in [-0.2, -0.15) is 11.8 Å². The molecule has 1 N–H and O–H groups in total. The molecule has 0 aromatic heterocycles. The third-order valence-electron chi connectivity index (χ3n) is 5.07. The Hall–Kier alpha value is 0.270. The van der Waals surface area contributed by atoms with E-state index in [-0.39, 0.29) is 0 Å². The standard InChI is InChI=1S/C14H26N2S/c1-17-14-5-3-2-4-13(14)15-12-7-9-16-8-6-11(12)10-16/h11-15H,2-10H2,1H3. The van der Waals surface area contributed by atoms with Crippen LogP contribution in [0.2, 0.25) is 0 Å². The third-order valence-corrected chi connectivity index (χ3v) is 6.24. The predicted octanol–water partition coefficient (Wildman–Crippen LogP) is 2.34. The smallest absolute Gasteiger partial charge is 0.0198 e. The number of nitrogens with one attached hydrogen (secondary N) is 1. The highest BCUT2D eigenvalue weighted by Gasteiger charge is 2.36. The molecule has 5 atom stereocenters. The number of fused-ring (bicyclic) bond motifs is 2. The summed E-state index contributed by atoms with van der Waals surface area (Å²) in [6.07, 6.45) is 10.9. The van der Waals surface area contributed by atoms with Crippen molar-refractivity contribution < 1.29 is 0 Å². The predicted molar refractivity (Wildman–Crippen MR) is 75.6 cm³/mol. The molecule has 2 heterocycles. The van der Waals surface area contributed by atoms with Gasteiger partial charge in [0.2, 0.25) is 0 Å². The molecule has 0 radical (unpaired) electrons. The van der Waals surface area contributed by atoms with Crippen molar-refractivity contribution in [2.24, 2.45) is 5.92 Å². The van der Waals surface area contributed by atoms with Gasteiger partial charge in [0.15, 0.2) is 0 Å². The molecule has 0 amide bonds. The van der Waals surface area contributed by atoms with Crippen molar-refractivity contribution in [1.82, 2.24) is 10.2 Å². The lowest BCUT2D eigenvalue weighted by molar-refractivity contribution is 0.200. The summed E-state index contributed by atoms with van der Waals surface area (Å²) in [5.41, 5.74) is 0. The van der Waals surface area contributed by atoms with Crippen LogP contribution in [-0.4, -0.2) is 48.1 Å². The molecule has 0 spiro atoms. The Morgan fingerprint density at radius 1 is 1.00 bits per heavy atom. The van der Waals surface area contributed by atoms with Crippen molar-refractivity contribution in [3.63, 3.8) is 0 Å². The van der Waals surface area contributed by atoms with Crippen molar-refractivity contribution in [3.8, 4) is 0 Å². The summed E-state index contributed by atoms with van der Waals surface area (Å²) in [6.45, 7) is 4.07. The fraction of sp³-hybridized carbons (Fsp3) is 1.00. The first kappa shape index (κ1) is 12.3. The van der Waals surface area contributed by atoms with Gasteiger partial charge in [-0.1, -0.05) is 12.8 Å². The van der Waals surface area contributed by atoms with Crippen LogP contribution in [0.1, 0.15) is 38.5 Å². The minimum atomic E-state index is 0.802. The van der Waals surface area contributed by atoms with Crippen LogP contribution in [0.4, 0.5) is 0 Å². The van der Waals surface area contributed by atoms with E-state index in [1.807, 2.05) is 0 Å². The maximum atomic E-state index is 4.04. The summed E-state index contributed by atoms with van der Waals surface area (Å²) in [6, 6.07) is 1.63. The highest BCUT2D eigenvalue weighted by molar-refractivity contribution is 7.99. The van der Waals surface area contributed by atoms with Crippen LogP contribution in [0.5, 0.6) is 0 Å². The van der Waals surface area contributed by atoms with Gasteiger partial charge in [0.1, 0.15) is 0 Å². The highest BCUT2D eigenvalue weighted by atomic mass is 32.2. The van der Waals surface area contributed by atoms with Crippen molar-refractivity contribution in [3.05, 3.63) is 0 Å². The van der Waals surface area contributed by atoms with Crippen LogP contribution in [0.25, 0.3) is 0 Å². The summed E-state index contributed by atoms with van der Waals surface area (Å²) in [5.74, 6) is 0.952. The second-order valence-corrected chi connectivity index (χ2v) is 7.15. The Morgan fingerprint density at radius 2 is 1.82 bits per heavy atom. The third kappa shape index (κ3) is 2.66. The van der Waals surface area contributed by atoms with Gasteiger partial charge >= 0.3 is 0 Å². The molecule has 3 aliphatic rings. The molecule has 0 aromatic carbocycles. The van der Waals surface area contributed by atoms with Gasteiger partial charge in [-0.25, -0.2) is 0 Å². The highest BCUT2D eigenvalue weighted by Crippen LogP contribution is 2.31. The molecule has 2 aliphatic heterocycles. The lowest BCUT2D eigenvalue weighted by atomic mass is 9.89. The summed E-state index contributed by atoms with van der Waals surface area (Å²) in [5, 5.41) is 4.92. The molecule has 1 aliphatic carbocycles. The monoisotopic (exact) mass is 254 g/mol. The quantitative estimate of drug-likeness (QED) is 0.832. The maximum absolute atomic E-state index is 4.04. The Bertz CT molecular complexity index is 255. The Morgan fingerprint density at radius 3 is 2.71 bits per heavy atom. The van der Waals surface area contributed by atoms with E-state index in [4.69, 9.17) is 0 Å². The van der Waals surface area contributed by atoms with Crippen molar-refractivity contribution in [2.75, 3.05) is 25.9 Å². The molecule has 3 fully saturated rings. The number of rotatable bonds is 3. The lowest BCUT2D eigenvalue weighted by Crippen LogP contribution is -2.51. The van der Waals surface area contributed by atoms with Crippen molar-refractivity contribution in [1.29, 1.82) is 0 Å². The van der Waals surface area contributed by atoms with E-state index < -0.39 is 0 Å².